The Kier molecular flexibility index (Phi) is 3.80. The molecule has 0 N–H and O–H groups in total. The molecule has 0 spiro atoms. The monoisotopic (exact) mass is 300 g/mol. The standard InChI is InChI=1S/C16H17ClN4/c1-20(2)13-7-3-4-8-14(13)21-15(9-10-17)19-12-6-5-11-18-16(12)21/h3-8,11H,9-10H2,1-2H3. The summed E-state index contributed by atoms with van der Waals surface area (Å²) >= 11 is 5.94. The van der Waals surface area contributed by atoms with Crippen LogP contribution in [0.1, 0.15) is 5.82 Å². The van der Waals surface area contributed by atoms with Gasteiger partial charge in [0.05, 0.1) is 11.4 Å². The second-order valence-corrected chi connectivity index (χ2v) is 5.41. The maximum Gasteiger partial charge on any atom is 0.164 e. The molecule has 0 saturated heterocycles. The van der Waals surface area contributed by atoms with Crippen LogP contribution in [-0.4, -0.2) is 34.5 Å². The van der Waals surface area contributed by atoms with Gasteiger partial charge in [-0.15, -0.1) is 11.6 Å². The molecule has 2 heterocycles. The summed E-state index contributed by atoms with van der Waals surface area (Å²) in [4.78, 5) is 11.3. The zero-order valence-electron chi connectivity index (χ0n) is 12.1. The van der Waals surface area contributed by atoms with Crippen molar-refractivity contribution in [3.05, 3.63) is 48.4 Å². The van der Waals surface area contributed by atoms with Crippen molar-refractivity contribution in [1.29, 1.82) is 0 Å². The molecule has 2 aromatic heterocycles. The molecule has 0 aliphatic carbocycles. The van der Waals surface area contributed by atoms with Gasteiger partial charge in [0.1, 0.15) is 11.3 Å². The fraction of sp³-hybridized carbons (Fsp3) is 0.250. The zero-order chi connectivity index (χ0) is 14.8. The Morgan fingerprint density at radius 2 is 1.95 bits per heavy atom. The van der Waals surface area contributed by atoms with Gasteiger partial charge in [-0.2, -0.15) is 0 Å². The molecule has 0 atom stereocenters. The van der Waals surface area contributed by atoms with Gasteiger partial charge in [-0.05, 0) is 24.3 Å². The number of rotatable bonds is 4. The molecule has 3 aromatic rings. The molecule has 3 rings (SSSR count). The molecule has 0 saturated carbocycles. The number of fused-ring (bicyclic) bond motifs is 1. The first-order chi connectivity index (χ1) is 10.2. The second kappa shape index (κ2) is 5.74. The number of pyridine rings is 1. The van der Waals surface area contributed by atoms with Crippen LogP contribution in [0.5, 0.6) is 0 Å². The van der Waals surface area contributed by atoms with E-state index in [2.05, 4.69) is 31.6 Å². The van der Waals surface area contributed by atoms with Gasteiger partial charge >= 0.3 is 0 Å². The van der Waals surface area contributed by atoms with Gasteiger partial charge < -0.3 is 4.90 Å². The number of aryl methyl sites for hydroxylation is 1. The molecule has 0 aliphatic rings. The highest BCUT2D eigenvalue weighted by Gasteiger charge is 2.15. The topological polar surface area (TPSA) is 34.0 Å². The van der Waals surface area contributed by atoms with Crippen molar-refractivity contribution in [2.75, 3.05) is 24.9 Å². The summed E-state index contributed by atoms with van der Waals surface area (Å²) in [7, 11) is 4.07. The maximum absolute atomic E-state index is 5.94. The van der Waals surface area contributed by atoms with E-state index in [4.69, 9.17) is 11.6 Å². The van der Waals surface area contributed by atoms with Crippen LogP contribution >= 0.6 is 11.6 Å². The minimum atomic E-state index is 0.535. The number of aromatic nitrogens is 3. The lowest BCUT2D eigenvalue weighted by Crippen LogP contribution is -2.13. The minimum absolute atomic E-state index is 0.535. The molecule has 1 aromatic carbocycles. The number of imidazole rings is 1. The van der Waals surface area contributed by atoms with Crippen molar-refractivity contribution in [3.63, 3.8) is 0 Å². The number of hydrogen-bond donors (Lipinski definition) is 0. The van der Waals surface area contributed by atoms with Crippen LogP contribution in [0.15, 0.2) is 42.6 Å². The largest absolute Gasteiger partial charge is 0.376 e. The molecule has 0 fully saturated rings. The van der Waals surface area contributed by atoms with E-state index in [0.717, 1.165) is 28.4 Å². The van der Waals surface area contributed by atoms with Crippen LogP contribution in [0.4, 0.5) is 5.69 Å². The molecule has 0 aliphatic heterocycles. The fourth-order valence-corrected chi connectivity index (χ4v) is 2.67. The van der Waals surface area contributed by atoms with Crippen LogP contribution in [0.3, 0.4) is 0 Å². The fourth-order valence-electron chi connectivity index (χ4n) is 2.50. The lowest BCUT2D eigenvalue weighted by molar-refractivity contribution is 0.900. The van der Waals surface area contributed by atoms with Crippen molar-refractivity contribution >= 4 is 28.5 Å². The lowest BCUT2D eigenvalue weighted by atomic mass is 10.2. The number of nitrogens with zero attached hydrogens (tertiary/aromatic N) is 4. The van der Waals surface area contributed by atoms with E-state index in [1.54, 1.807) is 6.20 Å². The molecule has 21 heavy (non-hydrogen) atoms. The summed E-state index contributed by atoms with van der Waals surface area (Å²) in [6, 6.07) is 12.1. The molecule has 0 radical (unpaired) electrons. The number of para-hydroxylation sites is 2. The van der Waals surface area contributed by atoms with Gasteiger partial charge in [0.25, 0.3) is 0 Å². The van der Waals surface area contributed by atoms with Gasteiger partial charge in [-0.3, -0.25) is 4.57 Å². The highest BCUT2D eigenvalue weighted by atomic mass is 35.5. The molecule has 0 amide bonds. The Hall–Kier alpha value is -2.07. The van der Waals surface area contributed by atoms with E-state index in [1.807, 2.05) is 38.4 Å². The van der Waals surface area contributed by atoms with Crippen LogP contribution in [0, 0.1) is 0 Å². The third kappa shape index (κ3) is 2.47. The molecule has 4 nitrogen and oxygen atoms in total. The number of benzene rings is 1. The van der Waals surface area contributed by atoms with E-state index in [1.165, 1.54) is 0 Å². The predicted octanol–water partition coefficient (Wildman–Crippen LogP) is 3.27. The highest BCUT2D eigenvalue weighted by Crippen LogP contribution is 2.27. The van der Waals surface area contributed by atoms with Gasteiger partial charge in [-0.1, -0.05) is 12.1 Å². The van der Waals surface area contributed by atoms with E-state index >= 15 is 0 Å². The summed E-state index contributed by atoms with van der Waals surface area (Å²) in [5.74, 6) is 1.47. The van der Waals surface area contributed by atoms with Crippen LogP contribution in [-0.2, 0) is 6.42 Å². The zero-order valence-corrected chi connectivity index (χ0v) is 12.9. The first-order valence-corrected chi connectivity index (χ1v) is 7.41. The number of alkyl halides is 1. The molecular formula is C16H17ClN4. The molecule has 0 unspecified atom stereocenters. The Balaban J connectivity index is 2.31. The van der Waals surface area contributed by atoms with Crippen molar-refractivity contribution in [2.45, 2.75) is 6.42 Å². The smallest absolute Gasteiger partial charge is 0.164 e. The average molecular weight is 301 g/mol. The number of anilines is 1. The van der Waals surface area contributed by atoms with E-state index in [0.29, 0.717) is 12.3 Å². The third-order valence-corrected chi connectivity index (χ3v) is 3.60. The Bertz CT molecular complexity index is 764. The van der Waals surface area contributed by atoms with E-state index < -0.39 is 0 Å². The van der Waals surface area contributed by atoms with Crippen molar-refractivity contribution < 1.29 is 0 Å². The molecular weight excluding hydrogens is 284 g/mol. The summed E-state index contributed by atoms with van der Waals surface area (Å²) in [5, 5.41) is 0. The quantitative estimate of drug-likeness (QED) is 0.694. The Morgan fingerprint density at radius 1 is 1.14 bits per heavy atom. The number of hydrogen-bond acceptors (Lipinski definition) is 3. The van der Waals surface area contributed by atoms with Gasteiger partial charge in [0.15, 0.2) is 5.65 Å². The highest BCUT2D eigenvalue weighted by molar-refractivity contribution is 6.17. The summed E-state index contributed by atoms with van der Waals surface area (Å²) in [6.45, 7) is 0. The lowest BCUT2D eigenvalue weighted by Gasteiger charge is -2.19. The van der Waals surface area contributed by atoms with Crippen LogP contribution in [0.2, 0.25) is 0 Å². The van der Waals surface area contributed by atoms with Crippen LogP contribution in [0.25, 0.3) is 16.9 Å². The first-order valence-electron chi connectivity index (χ1n) is 6.87. The predicted molar refractivity (Wildman–Crippen MR) is 87.6 cm³/mol. The minimum Gasteiger partial charge on any atom is -0.376 e. The summed E-state index contributed by atoms with van der Waals surface area (Å²) < 4.78 is 2.10. The normalized spacial score (nSPS) is 11.0. The average Bonchev–Trinajstić information content (AvgIpc) is 2.85. The van der Waals surface area contributed by atoms with Gasteiger partial charge in [0, 0.05) is 32.6 Å². The van der Waals surface area contributed by atoms with Crippen molar-refractivity contribution in [1.82, 2.24) is 14.5 Å². The van der Waals surface area contributed by atoms with Crippen molar-refractivity contribution in [3.8, 4) is 5.69 Å². The van der Waals surface area contributed by atoms with Gasteiger partial charge in [0.2, 0.25) is 0 Å². The third-order valence-electron chi connectivity index (χ3n) is 3.41. The first kappa shape index (κ1) is 13.9. The number of halogens is 1. The van der Waals surface area contributed by atoms with Crippen LogP contribution < -0.4 is 4.90 Å². The van der Waals surface area contributed by atoms with Crippen molar-refractivity contribution in [2.24, 2.45) is 0 Å². The molecule has 0 bridgehead atoms. The Labute approximate surface area is 129 Å². The van der Waals surface area contributed by atoms with E-state index in [-0.39, 0.29) is 0 Å². The van der Waals surface area contributed by atoms with Gasteiger partial charge in [-0.25, -0.2) is 9.97 Å². The second-order valence-electron chi connectivity index (χ2n) is 5.03. The molecule has 5 heteroatoms. The Morgan fingerprint density at radius 3 is 2.71 bits per heavy atom. The molecule has 108 valence electrons. The van der Waals surface area contributed by atoms with E-state index in [9.17, 15) is 0 Å². The SMILES string of the molecule is CN(C)c1ccccc1-n1c(CCCl)nc2cccnc21. The maximum atomic E-state index is 5.94. The summed E-state index contributed by atoms with van der Waals surface area (Å²) in [6.07, 6.45) is 2.50. The summed E-state index contributed by atoms with van der Waals surface area (Å²) in [5.41, 5.74) is 3.96.